The third kappa shape index (κ3) is 5.01. The predicted molar refractivity (Wildman–Crippen MR) is 100 cm³/mol. The normalized spacial score (nSPS) is 12.6. The Morgan fingerprint density at radius 1 is 0.917 bits per heavy atom. The summed E-state index contributed by atoms with van der Waals surface area (Å²) in [7, 11) is 1.46. The number of aromatic nitrogens is 3. The molecule has 0 saturated heterocycles. The van der Waals surface area contributed by atoms with Crippen LogP contribution in [0.2, 0.25) is 0 Å². The quantitative estimate of drug-likeness (QED) is 0.566. The number of ether oxygens (including phenoxy) is 1. The van der Waals surface area contributed by atoms with Crippen molar-refractivity contribution in [3.05, 3.63) is 47.3 Å². The lowest BCUT2D eigenvalue weighted by atomic mass is 10.0. The van der Waals surface area contributed by atoms with Crippen LogP contribution in [0.1, 0.15) is 22.5 Å². The molecule has 0 N–H and O–H groups in total. The first-order valence-corrected chi connectivity index (χ1v) is 8.56. The first-order valence-electron chi connectivity index (χ1n) is 6.29. The molecule has 1 heterocycles. The van der Waals surface area contributed by atoms with Gasteiger partial charge in [-0.25, -0.2) is 15.0 Å². The Morgan fingerprint density at radius 2 is 1.54 bits per heavy atom. The third-order valence-electron chi connectivity index (χ3n) is 2.91. The van der Waals surface area contributed by atoms with Gasteiger partial charge in [-0.1, -0.05) is 69.6 Å². The van der Waals surface area contributed by atoms with E-state index in [1.54, 1.807) is 18.2 Å². The summed E-state index contributed by atoms with van der Waals surface area (Å²) in [6, 6.07) is 3.05. The zero-order chi connectivity index (χ0) is 18.0. The van der Waals surface area contributed by atoms with Crippen LogP contribution in [0, 0.1) is 0 Å². The smallest absolute Gasteiger partial charge is 0.216 e. The Kier molecular flexibility index (Phi) is 6.46. The average molecular weight is 448 g/mol. The molecule has 10 heteroatoms. The van der Waals surface area contributed by atoms with E-state index in [1.165, 1.54) is 25.8 Å². The van der Waals surface area contributed by atoms with Crippen LogP contribution in [0.4, 0.5) is 0 Å². The van der Waals surface area contributed by atoms with Crippen molar-refractivity contribution in [2.45, 2.75) is 7.59 Å². The lowest BCUT2D eigenvalue weighted by molar-refractivity contribution is 0.413. The van der Waals surface area contributed by atoms with E-state index in [-0.39, 0.29) is 0 Å². The van der Waals surface area contributed by atoms with E-state index in [1.807, 2.05) is 0 Å². The fraction of sp³-hybridized carbons (Fsp3) is 0.214. The summed E-state index contributed by atoms with van der Waals surface area (Å²) >= 11 is 36.0. The van der Waals surface area contributed by atoms with Gasteiger partial charge in [-0.2, -0.15) is 0 Å². The van der Waals surface area contributed by atoms with Gasteiger partial charge in [0.25, 0.3) is 0 Å². The van der Waals surface area contributed by atoms with Gasteiger partial charge in [0.15, 0.2) is 5.82 Å². The van der Waals surface area contributed by atoms with Crippen molar-refractivity contribution in [2.24, 2.45) is 0 Å². The summed E-state index contributed by atoms with van der Waals surface area (Å²) in [5, 5.41) is 0. The van der Waals surface area contributed by atoms with Crippen LogP contribution < -0.4 is 4.74 Å². The molecule has 0 unspecified atom stereocenters. The number of nitrogens with zero attached hydrogens (tertiary/aromatic N) is 3. The third-order valence-corrected chi connectivity index (χ3v) is 4.17. The Bertz CT molecular complexity index is 741. The van der Waals surface area contributed by atoms with Gasteiger partial charge < -0.3 is 4.74 Å². The number of rotatable bonds is 3. The second kappa shape index (κ2) is 7.81. The van der Waals surface area contributed by atoms with Crippen molar-refractivity contribution >= 4 is 81.8 Å². The fourth-order valence-corrected chi connectivity index (χ4v) is 2.65. The van der Waals surface area contributed by atoms with Crippen molar-refractivity contribution in [3.63, 3.8) is 0 Å². The molecule has 2 aromatic rings. The van der Waals surface area contributed by atoms with E-state index >= 15 is 0 Å². The number of alkyl halides is 6. The standard InChI is InChI=1S/C14H9Cl6N3O/c1-24-11-5-8(13(15,16)17)4-10(14(18,19)20)9(11)2-3-12-22-6-21-7-23-12/h2-7H,1H3/b3-2+. The van der Waals surface area contributed by atoms with Crippen molar-refractivity contribution < 1.29 is 4.74 Å². The Balaban J connectivity index is 2.62. The van der Waals surface area contributed by atoms with E-state index in [9.17, 15) is 0 Å². The molecule has 0 amide bonds. The van der Waals surface area contributed by atoms with Crippen molar-refractivity contribution in [2.75, 3.05) is 7.11 Å². The summed E-state index contributed by atoms with van der Waals surface area (Å²) in [6.45, 7) is 0. The second-order valence-electron chi connectivity index (χ2n) is 4.47. The van der Waals surface area contributed by atoms with Gasteiger partial charge in [0, 0.05) is 16.7 Å². The maximum atomic E-state index is 6.07. The van der Waals surface area contributed by atoms with E-state index in [2.05, 4.69) is 15.0 Å². The highest BCUT2D eigenvalue weighted by Crippen LogP contribution is 2.47. The molecule has 4 nitrogen and oxygen atoms in total. The monoisotopic (exact) mass is 445 g/mol. The summed E-state index contributed by atoms with van der Waals surface area (Å²) in [5.41, 5.74) is 1.09. The highest BCUT2D eigenvalue weighted by Gasteiger charge is 2.32. The molecule has 0 radical (unpaired) electrons. The Morgan fingerprint density at radius 3 is 2.04 bits per heavy atom. The molecule has 0 aliphatic rings. The van der Waals surface area contributed by atoms with Crippen LogP contribution in [-0.2, 0) is 7.59 Å². The predicted octanol–water partition coefficient (Wildman–Crippen LogP) is 5.70. The molecule has 0 atom stereocenters. The number of hydrogen-bond acceptors (Lipinski definition) is 4. The number of methoxy groups -OCH3 is 1. The molecule has 128 valence electrons. The fourth-order valence-electron chi connectivity index (χ4n) is 1.86. The molecule has 0 saturated carbocycles. The van der Waals surface area contributed by atoms with Crippen LogP contribution in [0.25, 0.3) is 12.2 Å². The number of hydrogen-bond donors (Lipinski definition) is 0. The second-order valence-corrected chi connectivity index (χ2v) is 9.03. The topological polar surface area (TPSA) is 47.9 Å². The highest BCUT2D eigenvalue weighted by atomic mass is 35.6. The SMILES string of the molecule is COc1cc(C(Cl)(Cl)Cl)cc(C(Cl)(Cl)Cl)c1/C=C/c1ncncn1. The summed E-state index contributed by atoms with van der Waals surface area (Å²) in [5.74, 6) is 0.790. The van der Waals surface area contributed by atoms with Crippen LogP contribution in [0.3, 0.4) is 0 Å². The average Bonchev–Trinajstić information content (AvgIpc) is 2.51. The molecule has 1 aromatic heterocycles. The minimum atomic E-state index is -1.77. The molecule has 0 bridgehead atoms. The van der Waals surface area contributed by atoms with E-state index in [4.69, 9.17) is 74.3 Å². The molecule has 0 aliphatic carbocycles. The first kappa shape index (κ1) is 19.8. The Labute approximate surface area is 168 Å². The maximum Gasteiger partial charge on any atom is 0.216 e. The highest BCUT2D eigenvalue weighted by molar-refractivity contribution is 6.67. The number of halogens is 6. The van der Waals surface area contributed by atoms with E-state index in [0.29, 0.717) is 28.3 Å². The molecule has 0 spiro atoms. The zero-order valence-corrected chi connectivity index (χ0v) is 16.5. The Hall–Kier alpha value is -0.490. The molecule has 2 rings (SSSR count). The first-order chi connectivity index (χ1) is 11.1. The lowest BCUT2D eigenvalue weighted by Crippen LogP contribution is -2.09. The van der Waals surface area contributed by atoms with Crippen LogP contribution in [-0.4, -0.2) is 22.1 Å². The minimum absolute atomic E-state index is 0.290. The molecule has 1 aromatic carbocycles. The largest absolute Gasteiger partial charge is 0.496 e. The van der Waals surface area contributed by atoms with Gasteiger partial charge in [0.05, 0.1) is 7.11 Å². The van der Waals surface area contributed by atoms with E-state index < -0.39 is 7.59 Å². The summed E-state index contributed by atoms with van der Waals surface area (Å²) < 4.78 is 1.88. The molecule has 0 fully saturated rings. The summed E-state index contributed by atoms with van der Waals surface area (Å²) in [6.07, 6.45) is 6.00. The van der Waals surface area contributed by atoms with Gasteiger partial charge in [-0.15, -0.1) is 0 Å². The van der Waals surface area contributed by atoms with Gasteiger partial charge >= 0.3 is 0 Å². The van der Waals surface area contributed by atoms with Crippen LogP contribution in [0.15, 0.2) is 24.8 Å². The molecule has 0 aliphatic heterocycles. The van der Waals surface area contributed by atoms with Crippen LogP contribution >= 0.6 is 69.6 Å². The molecular formula is C14H9Cl6N3O. The molecular weight excluding hydrogens is 439 g/mol. The summed E-state index contributed by atoms with van der Waals surface area (Å²) in [4.78, 5) is 11.7. The van der Waals surface area contributed by atoms with Gasteiger partial charge in [-0.3, -0.25) is 0 Å². The maximum absolute atomic E-state index is 6.07. The minimum Gasteiger partial charge on any atom is -0.496 e. The van der Waals surface area contributed by atoms with Crippen molar-refractivity contribution in [1.82, 2.24) is 15.0 Å². The van der Waals surface area contributed by atoms with Gasteiger partial charge in [-0.05, 0) is 24.3 Å². The van der Waals surface area contributed by atoms with Crippen LogP contribution in [0.5, 0.6) is 5.75 Å². The van der Waals surface area contributed by atoms with Crippen molar-refractivity contribution in [3.8, 4) is 5.75 Å². The van der Waals surface area contributed by atoms with Crippen molar-refractivity contribution in [1.29, 1.82) is 0 Å². The van der Waals surface area contributed by atoms with E-state index in [0.717, 1.165) is 0 Å². The zero-order valence-electron chi connectivity index (χ0n) is 12.0. The molecule has 24 heavy (non-hydrogen) atoms. The number of benzene rings is 1. The van der Waals surface area contributed by atoms with Gasteiger partial charge in [0.1, 0.15) is 18.4 Å². The lowest BCUT2D eigenvalue weighted by Gasteiger charge is -2.21. The van der Waals surface area contributed by atoms with Gasteiger partial charge in [0.2, 0.25) is 7.59 Å².